The summed E-state index contributed by atoms with van der Waals surface area (Å²) in [5, 5.41) is 0. The summed E-state index contributed by atoms with van der Waals surface area (Å²) in [6.07, 6.45) is 18.9. The van der Waals surface area contributed by atoms with Gasteiger partial charge in [0.15, 0.2) is 0 Å². The van der Waals surface area contributed by atoms with Crippen LogP contribution in [0.15, 0.2) is 12.7 Å². The number of rotatable bonds is 13. The molecule has 0 fully saturated rings. The topological polar surface area (TPSA) is 0 Å². The highest BCUT2D eigenvalue weighted by Crippen LogP contribution is 2.17. The number of allylic oxidation sites excluding steroid dienone is 1. The molecule has 0 heterocycles. The van der Waals surface area contributed by atoms with E-state index < -0.39 is 0 Å². The quantitative estimate of drug-likeness (QED) is 0.253. The Morgan fingerprint density at radius 2 is 1.35 bits per heavy atom. The first-order chi connectivity index (χ1) is 8.31. The van der Waals surface area contributed by atoms with Crippen LogP contribution < -0.4 is 0 Å². The molecule has 0 saturated carbocycles. The molecule has 1 atom stereocenters. The summed E-state index contributed by atoms with van der Waals surface area (Å²) in [5.41, 5.74) is 0. The molecule has 0 aliphatic rings. The highest BCUT2D eigenvalue weighted by molar-refractivity contribution is 4.66. The predicted octanol–water partition coefficient (Wildman–Crippen LogP) is 6.51. The molecule has 0 aromatic rings. The lowest BCUT2D eigenvalue weighted by Gasteiger charge is -2.10. The van der Waals surface area contributed by atoms with E-state index in [1.165, 1.54) is 77.0 Å². The Labute approximate surface area is 110 Å². The van der Waals surface area contributed by atoms with E-state index in [2.05, 4.69) is 20.4 Å². The molecule has 0 aliphatic carbocycles. The van der Waals surface area contributed by atoms with Gasteiger partial charge >= 0.3 is 0 Å². The van der Waals surface area contributed by atoms with Gasteiger partial charge in [0, 0.05) is 0 Å². The van der Waals surface area contributed by atoms with Crippen LogP contribution in [-0.2, 0) is 0 Å². The monoisotopic (exact) mass is 238 g/mol. The largest absolute Gasteiger partial charge is 0.103 e. The molecular formula is C17H34. The van der Waals surface area contributed by atoms with Crippen LogP contribution >= 0.6 is 0 Å². The maximum Gasteiger partial charge on any atom is -0.0353 e. The van der Waals surface area contributed by atoms with E-state index in [0.29, 0.717) is 0 Å². The Morgan fingerprint density at radius 1 is 0.824 bits per heavy atom. The first-order valence-electron chi connectivity index (χ1n) is 7.92. The van der Waals surface area contributed by atoms with E-state index in [9.17, 15) is 0 Å². The van der Waals surface area contributed by atoms with Crippen molar-refractivity contribution in [1.82, 2.24) is 0 Å². The second kappa shape index (κ2) is 13.8. The van der Waals surface area contributed by atoms with Gasteiger partial charge in [0.05, 0.1) is 0 Å². The van der Waals surface area contributed by atoms with Crippen LogP contribution in [0.2, 0.25) is 0 Å². The Hall–Kier alpha value is -0.260. The molecule has 0 saturated heterocycles. The smallest absolute Gasteiger partial charge is 0.0353 e. The molecule has 0 radical (unpaired) electrons. The summed E-state index contributed by atoms with van der Waals surface area (Å²) in [6, 6.07) is 0. The van der Waals surface area contributed by atoms with Crippen LogP contribution in [0.1, 0.15) is 90.9 Å². The zero-order chi connectivity index (χ0) is 12.8. The molecule has 1 unspecified atom stereocenters. The molecule has 17 heavy (non-hydrogen) atoms. The maximum absolute atomic E-state index is 3.77. The van der Waals surface area contributed by atoms with Crippen LogP contribution in [0.4, 0.5) is 0 Å². The van der Waals surface area contributed by atoms with Gasteiger partial charge in [0.1, 0.15) is 0 Å². The van der Waals surface area contributed by atoms with Crippen molar-refractivity contribution in [2.75, 3.05) is 0 Å². The molecule has 0 aromatic carbocycles. The summed E-state index contributed by atoms with van der Waals surface area (Å²) in [5.74, 6) is 0.940. The standard InChI is InChI=1S/C17H34/c1-4-6-8-10-11-12-14-16-17(3)15-13-9-7-5-2/h5,17H,2,4,6-16H2,1,3H3. The summed E-state index contributed by atoms with van der Waals surface area (Å²) in [7, 11) is 0. The van der Waals surface area contributed by atoms with Crippen LogP contribution in [0.3, 0.4) is 0 Å². The van der Waals surface area contributed by atoms with Gasteiger partial charge in [-0.05, 0) is 18.8 Å². The minimum atomic E-state index is 0.940. The van der Waals surface area contributed by atoms with Gasteiger partial charge in [-0.1, -0.05) is 84.1 Å². The first-order valence-corrected chi connectivity index (χ1v) is 7.92. The van der Waals surface area contributed by atoms with Crippen molar-refractivity contribution in [2.45, 2.75) is 90.9 Å². The van der Waals surface area contributed by atoms with Gasteiger partial charge < -0.3 is 0 Å². The van der Waals surface area contributed by atoms with Gasteiger partial charge in [0.25, 0.3) is 0 Å². The lowest BCUT2D eigenvalue weighted by molar-refractivity contribution is 0.438. The zero-order valence-corrected chi connectivity index (χ0v) is 12.3. The van der Waals surface area contributed by atoms with Gasteiger partial charge in [-0.15, -0.1) is 6.58 Å². The normalized spacial score (nSPS) is 12.6. The third-order valence-electron chi connectivity index (χ3n) is 3.66. The van der Waals surface area contributed by atoms with Crippen LogP contribution in [0, 0.1) is 5.92 Å². The molecule has 0 aromatic heterocycles. The molecule has 0 spiro atoms. The van der Waals surface area contributed by atoms with Gasteiger partial charge in [-0.25, -0.2) is 0 Å². The van der Waals surface area contributed by atoms with E-state index >= 15 is 0 Å². The number of unbranched alkanes of at least 4 members (excludes halogenated alkanes) is 8. The molecule has 0 rings (SSSR count). The second-order valence-electron chi connectivity index (χ2n) is 5.59. The molecule has 0 bridgehead atoms. The fourth-order valence-corrected chi connectivity index (χ4v) is 2.38. The first kappa shape index (κ1) is 16.7. The predicted molar refractivity (Wildman–Crippen MR) is 80.4 cm³/mol. The lowest BCUT2D eigenvalue weighted by Crippen LogP contribution is -1.94. The molecule has 102 valence electrons. The molecule has 0 N–H and O–H groups in total. The van der Waals surface area contributed by atoms with Gasteiger partial charge in [-0.3, -0.25) is 0 Å². The van der Waals surface area contributed by atoms with Crippen LogP contribution in [-0.4, -0.2) is 0 Å². The Balaban J connectivity index is 3.10. The average Bonchev–Trinajstić information content (AvgIpc) is 2.33. The third kappa shape index (κ3) is 13.7. The van der Waals surface area contributed by atoms with Crippen LogP contribution in [0.5, 0.6) is 0 Å². The second-order valence-corrected chi connectivity index (χ2v) is 5.59. The summed E-state index contributed by atoms with van der Waals surface area (Å²) in [6.45, 7) is 8.48. The van der Waals surface area contributed by atoms with Crippen LogP contribution in [0.25, 0.3) is 0 Å². The molecule has 0 heteroatoms. The minimum Gasteiger partial charge on any atom is -0.103 e. The van der Waals surface area contributed by atoms with Crippen molar-refractivity contribution in [1.29, 1.82) is 0 Å². The third-order valence-corrected chi connectivity index (χ3v) is 3.66. The maximum atomic E-state index is 3.77. The molecule has 0 aliphatic heterocycles. The average molecular weight is 238 g/mol. The van der Waals surface area contributed by atoms with E-state index in [1.54, 1.807) is 0 Å². The highest BCUT2D eigenvalue weighted by atomic mass is 14.1. The molecule has 0 nitrogen and oxygen atoms in total. The molecular weight excluding hydrogens is 204 g/mol. The van der Waals surface area contributed by atoms with Crippen molar-refractivity contribution < 1.29 is 0 Å². The van der Waals surface area contributed by atoms with E-state index in [-0.39, 0.29) is 0 Å². The fraction of sp³-hybridized carbons (Fsp3) is 0.882. The summed E-state index contributed by atoms with van der Waals surface area (Å²) in [4.78, 5) is 0. The van der Waals surface area contributed by atoms with Crippen molar-refractivity contribution in [2.24, 2.45) is 5.92 Å². The van der Waals surface area contributed by atoms with E-state index in [1.807, 2.05) is 6.08 Å². The Kier molecular flexibility index (Phi) is 13.6. The van der Waals surface area contributed by atoms with Crippen molar-refractivity contribution >= 4 is 0 Å². The van der Waals surface area contributed by atoms with Crippen molar-refractivity contribution in [3.05, 3.63) is 12.7 Å². The van der Waals surface area contributed by atoms with Crippen molar-refractivity contribution in [3.63, 3.8) is 0 Å². The Morgan fingerprint density at radius 3 is 1.94 bits per heavy atom. The fourth-order valence-electron chi connectivity index (χ4n) is 2.38. The van der Waals surface area contributed by atoms with Gasteiger partial charge in [0.2, 0.25) is 0 Å². The Bertz CT molecular complexity index is 148. The summed E-state index contributed by atoms with van der Waals surface area (Å²) >= 11 is 0. The molecule has 0 amide bonds. The highest BCUT2D eigenvalue weighted by Gasteiger charge is 2.01. The number of hydrogen-bond donors (Lipinski definition) is 0. The minimum absolute atomic E-state index is 0.940. The summed E-state index contributed by atoms with van der Waals surface area (Å²) < 4.78 is 0. The lowest BCUT2D eigenvalue weighted by atomic mass is 9.96. The van der Waals surface area contributed by atoms with E-state index in [0.717, 1.165) is 5.92 Å². The van der Waals surface area contributed by atoms with E-state index in [4.69, 9.17) is 0 Å². The van der Waals surface area contributed by atoms with Crippen molar-refractivity contribution in [3.8, 4) is 0 Å². The zero-order valence-electron chi connectivity index (χ0n) is 12.3. The number of hydrogen-bond acceptors (Lipinski definition) is 0. The SMILES string of the molecule is C=CCCCCC(C)CCCCCCCCC. The van der Waals surface area contributed by atoms with Gasteiger partial charge in [-0.2, -0.15) is 0 Å².